The molecular formula is C16H16FNO3. The average molecular weight is 289 g/mol. The van der Waals surface area contributed by atoms with Gasteiger partial charge in [-0.3, -0.25) is 0 Å². The summed E-state index contributed by atoms with van der Waals surface area (Å²) in [4.78, 5) is 12.8. The molecule has 0 aromatic heterocycles. The second-order valence-corrected chi connectivity index (χ2v) is 4.64. The molecule has 0 fully saturated rings. The molecule has 21 heavy (non-hydrogen) atoms. The maximum atomic E-state index is 14.1. The van der Waals surface area contributed by atoms with E-state index in [9.17, 15) is 9.18 Å². The lowest BCUT2D eigenvalue weighted by Crippen LogP contribution is -2.18. The summed E-state index contributed by atoms with van der Waals surface area (Å²) in [5, 5.41) is 8.94. The molecule has 0 aliphatic carbocycles. The van der Waals surface area contributed by atoms with Gasteiger partial charge in [-0.05, 0) is 18.2 Å². The summed E-state index contributed by atoms with van der Waals surface area (Å²) in [6, 6.07) is 11.8. The third-order valence-electron chi connectivity index (χ3n) is 3.21. The van der Waals surface area contributed by atoms with Crippen molar-refractivity contribution in [3.05, 3.63) is 59.4 Å². The van der Waals surface area contributed by atoms with Gasteiger partial charge in [0.25, 0.3) is 0 Å². The lowest BCUT2D eigenvalue weighted by Gasteiger charge is -2.20. The van der Waals surface area contributed by atoms with Crippen LogP contribution in [0.2, 0.25) is 0 Å². The van der Waals surface area contributed by atoms with Crippen molar-refractivity contribution in [2.75, 3.05) is 19.1 Å². The highest BCUT2D eigenvalue weighted by molar-refractivity contribution is 5.88. The Morgan fingerprint density at radius 1 is 1.29 bits per heavy atom. The third-order valence-corrected chi connectivity index (χ3v) is 3.21. The maximum Gasteiger partial charge on any atom is 0.338 e. The van der Waals surface area contributed by atoms with E-state index in [0.717, 1.165) is 5.69 Å². The predicted molar refractivity (Wildman–Crippen MR) is 78.5 cm³/mol. The van der Waals surface area contributed by atoms with Crippen LogP contribution in [0.3, 0.4) is 0 Å². The fraction of sp³-hybridized carbons (Fsp3) is 0.188. The van der Waals surface area contributed by atoms with Crippen molar-refractivity contribution < 1.29 is 19.0 Å². The predicted octanol–water partition coefficient (Wildman–Crippen LogP) is 3.17. The molecule has 0 aliphatic rings. The van der Waals surface area contributed by atoms with E-state index in [2.05, 4.69) is 0 Å². The fourth-order valence-corrected chi connectivity index (χ4v) is 2.06. The highest BCUT2D eigenvalue weighted by atomic mass is 19.1. The summed E-state index contributed by atoms with van der Waals surface area (Å²) >= 11 is 0. The molecule has 4 nitrogen and oxygen atoms in total. The lowest BCUT2D eigenvalue weighted by molar-refractivity contribution is 0.0691. The van der Waals surface area contributed by atoms with Gasteiger partial charge in [0, 0.05) is 30.9 Å². The van der Waals surface area contributed by atoms with Crippen molar-refractivity contribution in [2.24, 2.45) is 0 Å². The molecule has 0 aliphatic heterocycles. The summed E-state index contributed by atoms with van der Waals surface area (Å²) in [7, 11) is 3.39. The molecule has 0 heterocycles. The molecule has 0 unspecified atom stereocenters. The van der Waals surface area contributed by atoms with Gasteiger partial charge in [0.05, 0.1) is 12.7 Å². The van der Waals surface area contributed by atoms with Crippen molar-refractivity contribution in [3.63, 3.8) is 0 Å². The topological polar surface area (TPSA) is 49.8 Å². The van der Waals surface area contributed by atoms with Gasteiger partial charge in [-0.15, -0.1) is 0 Å². The zero-order chi connectivity index (χ0) is 15.4. The number of methoxy groups -OCH3 is 1. The summed E-state index contributed by atoms with van der Waals surface area (Å²) < 4.78 is 19.3. The minimum Gasteiger partial charge on any atom is -0.497 e. The average Bonchev–Trinajstić information content (AvgIpc) is 2.49. The number of anilines is 1. The molecular weight excluding hydrogens is 273 g/mol. The van der Waals surface area contributed by atoms with Crippen LogP contribution in [0, 0.1) is 5.82 Å². The van der Waals surface area contributed by atoms with E-state index in [-0.39, 0.29) is 12.1 Å². The van der Waals surface area contributed by atoms with Crippen molar-refractivity contribution in [1.29, 1.82) is 0 Å². The van der Waals surface area contributed by atoms with Crippen molar-refractivity contribution in [2.45, 2.75) is 6.54 Å². The van der Waals surface area contributed by atoms with Gasteiger partial charge in [-0.2, -0.15) is 0 Å². The van der Waals surface area contributed by atoms with E-state index in [1.807, 2.05) is 36.2 Å². The number of ether oxygens (including phenoxy) is 1. The van der Waals surface area contributed by atoms with Crippen molar-refractivity contribution in [3.8, 4) is 5.75 Å². The van der Waals surface area contributed by atoms with Crippen LogP contribution < -0.4 is 9.64 Å². The number of carboxylic acid groups (broad SMARTS) is 1. The number of hydrogen-bond donors (Lipinski definition) is 1. The Labute approximate surface area is 122 Å². The molecule has 2 rings (SSSR count). The SMILES string of the molecule is COc1cccc(N(C)Cc2cccc(C(=O)O)c2F)c1. The number of benzene rings is 2. The maximum absolute atomic E-state index is 14.1. The molecule has 0 saturated heterocycles. The minimum atomic E-state index is -1.27. The first-order valence-corrected chi connectivity index (χ1v) is 6.39. The van der Waals surface area contributed by atoms with Crippen molar-refractivity contribution in [1.82, 2.24) is 0 Å². The first-order chi connectivity index (χ1) is 10.0. The summed E-state index contributed by atoms with van der Waals surface area (Å²) in [5.41, 5.74) is 0.876. The highest BCUT2D eigenvalue weighted by Crippen LogP contribution is 2.22. The normalized spacial score (nSPS) is 10.2. The second kappa shape index (κ2) is 6.26. The van der Waals surface area contributed by atoms with E-state index < -0.39 is 11.8 Å². The van der Waals surface area contributed by atoms with Crippen LogP contribution >= 0.6 is 0 Å². The number of halogens is 1. The molecule has 0 bridgehead atoms. The van der Waals surface area contributed by atoms with Crippen LogP contribution in [0.15, 0.2) is 42.5 Å². The van der Waals surface area contributed by atoms with Gasteiger partial charge in [-0.1, -0.05) is 18.2 Å². The number of hydrogen-bond acceptors (Lipinski definition) is 3. The first kappa shape index (κ1) is 14.8. The standard InChI is InChI=1S/C16H16FNO3/c1-18(12-6-4-7-13(9-12)21-2)10-11-5-3-8-14(15(11)17)16(19)20/h3-9H,10H2,1-2H3,(H,19,20). The molecule has 0 saturated carbocycles. The molecule has 5 heteroatoms. The molecule has 2 aromatic rings. The van der Waals surface area contributed by atoms with E-state index in [0.29, 0.717) is 11.3 Å². The summed E-state index contributed by atoms with van der Waals surface area (Å²) in [6.45, 7) is 0.264. The Hall–Kier alpha value is -2.56. The molecule has 0 amide bonds. The molecule has 110 valence electrons. The Balaban J connectivity index is 2.25. The van der Waals surface area contributed by atoms with Gasteiger partial charge in [0.15, 0.2) is 0 Å². The number of aromatic carboxylic acids is 1. The largest absolute Gasteiger partial charge is 0.497 e. The zero-order valence-corrected chi connectivity index (χ0v) is 11.8. The lowest BCUT2D eigenvalue weighted by atomic mass is 10.1. The molecule has 0 atom stereocenters. The van der Waals surface area contributed by atoms with Gasteiger partial charge in [0.2, 0.25) is 0 Å². The van der Waals surface area contributed by atoms with Crippen LogP contribution in [-0.4, -0.2) is 25.2 Å². The fourth-order valence-electron chi connectivity index (χ4n) is 2.06. The number of carboxylic acids is 1. The second-order valence-electron chi connectivity index (χ2n) is 4.64. The van der Waals surface area contributed by atoms with Gasteiger partial charge in [-0.25, -0.2) is 9.18 Å². The first-order valence-electron chi connectivity index (χ1n) is 6.39. The Kier molecular flexibility index (Phi) is 4.42. The minimum absolute atomic E-state index is 0.264. The van der Waals surface area contributed by atoms with Crippen LogP contribution in [0.25, 0.3) is 0 Å². The van der Waals surface area contributed by atoms with Crippen molar-refractivity contribution >= 4 is 11.7 Å². The van der Waals surface area contributed by atoms with E-state index in [1.54, 1.807) is 19.2 Å². The Morgan fingerprint density at radius 3 is 2.67 bits per heavy atom. The van der Waals surface area contributed by atoms with E-state index >= 15 is 0 Å². The summed E-state index contributed by atoms with van der Waals surface area (Å²) in [5.74, 6) is -1.25. The molecule has 2 aromatic carbocycles. The molecule has 0 radical (unpaired) electrons. The summed E-state index contributed by atoms with van der Waals surface area (Å²) in [6.07, 6.45) is 0. The quantitative estimate of drug-likeness (QED) is 0.918. The number of carbonyl (C=O) groups is 1. The van der Waals surface area contributed by atoms with Crippen LogP contribution in [0.5, 0.6) is 5.75 Å². The number of rotatable bonds is 5. The number of nitrogens with zero attached hydrogens (tertiary/aromatic N) is 1. The highest BCUT2D eigenvalue weighted by Gasteiger charge is 2.15. The Bertz CT molecular complexity index is 658. The third kappa shape index (κ3) is 3.31. The zero-order valence-electron chi connectivity index (χ0n) is 11.8. The van der Waals surface area contributed by atoms with E-state index in [1.165, 1.54) is 6.07 Å². The molecule has 0 spiro atoms. The van der Waals surface area contributed by atoms with E-state index in [4.69, 9.17) is 9.84 Å². The Morgan fingerprint density at radius 2 is 2.00 bits per heavy atom. The van der Waals surface area contributed by atoms with Gasteiger partial charge < -0.3 is 14.7 Å². The molecule has 1 N–H and O–H groups in total. The van der Waals surface area contributed by atoms with Crippen LogP contribution in [-0.2, 0) is 6.54 Å². The monoisotopic (exact) mass is 289 g/mol. The van der Waals surface area contributed by atoms with Crippen LogP contribution in [0.1, 0.15) is 15.9 Å². The van der Waals surface area contributed by atoms with Gasteiger partial charge in [0.1, 0.15) is 11.6 Å². The van der Waals surface area contributed by atoms with Gasteiger partial charge >= 0.3 is 5.97 Å². The van der Waals surface area contributed by atoms with Crippen LogP contribution in [0.4, 0.5) is 10.1 Å². The smallest absolute Gasteiger partial charge is 0.338 e.